The first-order chi connectivity index (χ1) is 15.0. The molecule has 7 nitrogen and oxygen atoms in total. The highest BCUT2D eigenvalue weighted by atomic mass is 32.1. The number of anilines is 1. The average molecular weight is 438 g/mol. The molecule has 160 valence electrons. The van der Waals surface area contributed by atoms with Gasteiger partial charge in [-0.05, 0) is 49.7 Å². The molecule has 1 atom stereocenters. The van der Waals surface area contributed by atoms with Gasteiger partial charge in [0.25, 0.3) is 0 Å². The minimum atomic E-state index is -0.929. The Morgan fingerprint density at radius 2 is 1.90 bits per heavy atom. The molecule has 0 saturated heterocycles. The summed E-state index contributed by atoms with van der Waals surface area (Å²) in [5.41, 5.74) is 2.33. The minimum Gasteiger partial charge on any atom is -0.454 e. The molecule has 0 radical (unpaired) electrons. The van der Waals surface area contributed by atoms with Crippen molar-refractivity contribution in [1.82, 2.24) is 9.97 Å². The summed E-state index contributed by atoms with van der Waals surface area (Å²) in [5.74, 6) is -0.911. The molecule has 1 amide bonds. The molecular formula is C23H23N3O4S. The first-order valence-corrected chi connectivity index (χ1v) is 10.8. The van der Waals surface area contributed by atoms with Gasteiger partial charge in [-0.15, -0.1) is 11.3 Å². The standard InChI is InChI=1S/C23H23N3O4S/c1-3-6-20(27)25-17-10-8-16(9-11-17)22(29)15(2)30-21(28)13-18-14-31-23(26-18)19-7-4-5-12-24-19/h4-5,7-12,14-15H,3,6,13H2,1-2H3,(H,25,27). The number of carbonyl (C=O) groups is 3. The Labute approximate surface area is 184 Å². The maximum atomic E-state index is 12.6. The number of pyridine rings is 1. The molecule has 0 fully saturated rings. The van der Waals surface area contributed by atoms with Crippen LogP contribution in [0.5, 0.6) is 0 Å². The number of benzene rings is 1. The van der Waals surface area contributed by atoms with Crippen molar-refractivity contribution in [3.05, 3.63) is 65.3 Å². The fourth-order valence-corrected chi connectivity index (χ4v) is 3.63. The number of amides is 1. The lowest BCUT2D eigenvalue weighted by molar-refractivity contribution is -0.145. The van der Waals surface area contributed by atoms with E-state index < -0.39 is 12.1 Å². The van der Waals surface area contributed by atoms with Crippen molar-refractivity contribution in [3.8, 4) is 10.7 Å². The number of aromatic nitrogens is 2. The van der Waals surface area contributed by atoms with Gasteiger partial charge >= 0.3 is 5.97 Å². The second kappa shape index (κ2) is 10.6. The smallest absolute Gasteiger partial charge is 0.312 e. The van der Waals surface area contributed by atoms with Gasteiger partial charge in [-0.25, -0.2) is 4.98 Å². The lowest BCUT2D eigenvalue weighted by Crippen LogP contribution is -2.25. The second-order valence-corrected chi connectivity index (χ2v) is 7.77. The second-order valence-electron chi connectivity index (χ2n) is 6.91. The molecule has 1 N–H and O–H groups in total. The number of ether oxygens (including phenoxy) is 1. The van der Waals surface area contributed by atoms with Crippen molar-refractivity contribution in [3.63, 3.8) is 0 Å². The molecule has 8 heteroatoms. The van der Waals surface area contributed by atoms with E-state index in [1.54, 1.807) is 35.8 Å². The number of hydrogen-bond donors (Lipinski definition) is 1. The largest absolute Gasteiger partial charge is 0.454 e. The fraction of sp³-hybridized carbons (Fsp3) is 0.261. The molecule has 1 unspecified atom stereocenters. The third-order valence-electron chi connectivity index (χ3n) is 4.37. The number of hydrogen-bond acceptors (Lipinski definition) is 7. The Bertz CT molecular complexity index is 1050. The molecule has 2 heterocycles. The average Bonchev–Trinajstić information content (AvgIpc) is 3.23. The summed E-state index contributed by atoms with van der Waals surface area (Å²) < 4.78 is 5.30. The summed E-state index contributed by atoms with van der Waals surface area (Å²) >= 11 is 1.40. The predicted octanol–water partition coefficient (Wildman–Crippen LogP) is 4.30. The van der Waals surface area contributed by atoms with Crippen molar-refractivity contribution in [2.24, 2.45) is 0 Å². The molecule has 0 aliphatic heterocycles. The predicted molar refractivity (Wildman–Crippen MR) is 119 cm³/mol. The van der Waals surface area contributed by atoms with E-state index in [0.717, 1.165) is 17.1 Å². The first kappa shape index (κ1) is 22.3. The molecule has 3 rings (SSSR count). The Kier molecular flexibility index (Phi) is 7.61. The number of thiazole rings is 1. The molecule has 0 bridgehead atoms. The lowest BCUT2D eigenvalue weighted by Gasteiger charge is -2.12. The number of nitrogens with one attached hydrogen (secondary N) is 1. The summed E-state index contributed by atoms with van der Waals surface area (Å²) in [6, 6.07) is 12.1. The zero-order valence-electron chi connectivity index (χ0n) is 17.3. The number of carbonyl (C=O) groups excluding carboxylic acids is 3. The fourth-order valence-electron chi connectivity index (χ4n) is 2.84. The summed E-state index contributed by atoms with van der Waals surface area (Å²) in [5, 5.41) is 5.27. The number of rotatable bonds is 9. The summed E-state index contributed by atoms with van der Waals surface area (Å²) in [7, 11) is 0. The normalized spacial score (nSPS) is 11.5. The van der Waals surface area contributed by atoms with E-state index >= 15 is 0 Å². The zero-order chi connectivity index (χ0) is 22.2. The van der Waals surface area contributed by atoms with Gasteiger partial charge in [0.15, 0.2) is 6.10 Å². The molecule has 0 spiro atoms. The monoisotopic (exact) mass is 437 g/mol. The Morgan fingerprint density at radius 3 is 2.58 bits per heavy atom. The molecule has 0 aliphatic rings. The summed E-state index contributed by atoms with van der Waals surface area (Å²) in [6.45, 7) is 3.47. The third kappa shape index (κ3) is 6.29. The lowest BCUT2D eigenvalue weighted by atomic mass is 10.1. The topological polar surface area (TPSA) is 98.2 Å². The van der Waals surface area contributed by atoms with E-state index in [1.807, 2.05) is 25.1 Å². The number of esters is 1. The minimum absolute atomic E-state index is 0.0245. The van der Waals surface area contributed by atoms with E-state index in [1.165, 1.54) is 18.3 Å². The van der Waals surface area contributed by atoms with Crippen molar-refractivity contribution in [1.29, 1.82) is 0 Å². The van der Waals surface area contributed by atoms with Crippen molar-refractivity contribution in [2.45, 2.75) is 39.2 Å². The number of ketones is 1. The molecule has 0 saturated carbocycles. The molecule has 1 aromatic carbocycles. The van der Waals surface area contributed by atoms with Crippen LogP contribution in [0.3, 0.4) is 0 Å². The summed E-state index contributed by atoms with van der Waals surface area (Å²) in [6.07, 6.45) is 1.93. The molecule has 2 aromatic heterocycles. The van der Waals surface area contributed by atoms with Gasteiger partial charge in [-0.2, -0.15) is 0 Å². The first-order valence-electron chi connectivity index (χ1n) is 9.95. The number of Topliss-reactive ketones (excluding diaryl/α,β-unsaturated/α-hetero) is 1. The third-order valence-corrected chi connectivity index (χ3v) is 5.28. The van der Waals surface area contributed by atoms with Crippen LogP contribution in [-0.2, 0) is 20.7 Å². The molecule has 31 heavy (non-hydrogen) atoms. The SMILES string of the molecule is CCCC(=O)Nc1ccc(C(=O)C(C)OC(=O)Cc2csc(-c3ccccn3)n2)cc1. The van der Waals surface area contributed by atoms with Crippen molar-refractivity contribution >= 4 is 34.7 Å². The van der Waals surface area contributed by atoms with Gasteiger partial charge in [0.05, 0.1) is 17.8 Å². The van der Waals surface area contributed by atoms with Gasteiger partial charge in [0.1, 0.15) is 5.01 Å². The van der Waals surface area contributed by atoms with Crippen LogP contribution in [0.25, 0.3) is 10.7 Å². The summed E-state index contributed by atoms with van der Waals surface area (Å²) in [4.78, 5) is 45.1. The van der Waals surface area contributed by atoms with Crippen LogP contribution in [0.15, 0.2) is 54.0 Å². The van der Waals surface area contributed by atoms with Gasteiger partial charge in [-0.3, -0.25) is 19.4 Å². The van der Waals surface area contributed by atoms with Gasteiger partial charge in [0, 0.05) is 29.2 Å². The van der Waals surface area contributed by atoms with Crippen LogP contribution in [0, 0.1) is 0 Å². The number of nitrogens with zero attached hydrogens (tertiary/aromatic N) is 2. The molecule has 3 aromatic rings. The molecule has 0 aliphatic carbocycles. The van der Waals surface area contributed by atoms with Gasteiger partial charge in [0.2, 0.25) is 11.7 Å². The van der Waals surface area contributed by atoms with E-state index in [0.29, 0.717) is 23.4 Å². The highest BCUT2D eigenvalue weighted by Crippen LogP contribution is 2.22. The Morgan fingerprint density at radius 1 is 1.13 bits per heavy atom. The van der Waals surface area contributed by atoms with Gasteiger partial charge < -0.3 is 10.1 Å². The van der Waals surface area contributed by atoms with Crippen molar-refractivity contribution in [2.75, 3.05) is 5.32 Å². The maximum absolute atomic E-state index is 12.6. The van der Waals surface area contributed by atoms with Crippen LogP contribution in [-0.4, -0.2) is 33.7 Å². The van der Waals surface area contributed by atoms with E-state index in [4.69, 9.17) is 4.74 Å². The van der Waals surface area contributed by atoms with E-state index in [9.17, 15) is 14.4 Å². The van der Waals surface area contributed by atoms with Crippen LogP contribution < -0.4 is 5.32 Å². The Balaban J connectivity index is 1.54. The molecular weight excluding hydrogens is 414 g/mol. The zero-order valence-corrected chi connectivity index (χ0v) is 18.1. The highest BCUT2D eigenvalue weighted by Gasteiger charge is 2.20. The highest BCUT2D eigenvalue weighted by molar-refractivity contribution is 7.13. The van der Waals surface area contributed by atoms with Crippen LogP contribution >= 0.6 is 11.3 Å². The van der Waals surface area contributed by atoms with Crippen molar-refractivity contribution < 1.29 is 19.1 Å². The van der Waals surface area contributed by atoms with E-state index in [-0.39, 0.29) is 18.1 Å². The Hall–Kier alpha value is -3.39. The maximum Gasteiger partial charge on any atom is 0.312 e. The quantitative estimate of drug-likeness (QED) is 0.396. The van der Waals surface area contributed by atoms with Crippen LogP contribution in [0.4, 0.5) is 5.69 Å². The van der Waals surface area contributed by atoms with Crippen LogP contribution in [0.2, 0.25) is 0 Å². The van der Waals surface area contributed by atoms with E-state index in [2.05, 4.69) is 15.3 Å². The van der Waals surface area contributed by atoms with Gasteiger partial charge in [-0.1, -0.05) is 13.0 Å². The van der Waals surface area contributed by atoms with Crippen LogP contribution in [0.1, 0.15) is 42.7 Å².